The summed E-state index contributed by atoms with van der Waals surface area (Å²) in [5, 5.41) is 10.2. The van der Waals surface area contributed by atoms with Gasteiger partial charge >= 0.3 is 0 Å². The Labute approximate surface area is 146 Å². The van der Waals surface area contributed by atoms with Crippen LogP contribution in [0.15, 0.2) is 36.4 Å². The second kappa shape index (κ2) is 8.10. The molecule has 6 nitrogen and oxygen atoms in total. The van der Waals surface area contributed by atoms with Gasteiger partial charge in [-0.25, -0.2) is 0 Å². The Morgan fingerprint density at radius 1 is 0.880 bits per heavy atom. The number of ketones is 1. The lowest BCUT2D eigenvalue weighted by Crippen LogP contribution is -1.97. The second-order valence-electron chi connectivity index (χ2n) is 5.01. The molecule has 1 N–H and O–H groups in total. The SMILES string of the molecule is COc1ccc(C(=O)/C=C/c2ccc(OC)c(OC)c2O)cc1OC. The van der Waals surface area contributed by atoms with Crippen molar-refractivity contribution in [3.63, 3.8) is 0 Å². The summed E-state index contributed by atoms with van der Waals surface area (Å²) in [6.07, 6.45) is 2.87. The van der Waals surface area contributed by atoms with Crippen molar-refractivity contribution in [3.05, 3.63) is 47.5 Å². The smallest absolute Gasteiger partial charge is 0.203 e. The summed E-state index contributed by atoms with van der Waals surface area (Å²) in [4.78, 5) is 12.4. The lowest BCUT2D eigenvalue weighted by molar-refractivity contribution is 0.104. The molecule has 0 amide bonds. The van der Waals surface area contributed by atoms with Crippen molar-refractivity contribution in [2.75, 3.05) is 28.4 Å². The average Bonchev–Trinajstić information content (AvgIpc) is 2.65. The maximum Gasteiger partial charge on any atom is 0.203 e. The Balaban J connectivity index is 2.29. The van der Waals surface area contributed by atoms with Gasteiger partial charge in [-0.2, -0.15) is 0 Å². The molecule has 25 heavy (non-hydrogen) atoms. The van der Waals surface area contributed by atoms with Crippen LogP contribution in [0.1, 0.15) is 15.9 Å². The van der Waals surface area contributed by atoms with E-state index < -0.39 is 0 Å². The summed E-state index contributed by atoms with van der Waals surface area (Å²) in [5.74, 6) is 1.29. The quantitative estimate of drug-likeness (QED) is 0.613. The number of aromatic hydroxyl groups is 1. The summed E-state index contributed by atoms with van der Waals surface area (Å²) in [6.45, 7) is 0. The Morgan fingerprint density at radius 2 is 1.52 bits per heavy atom. The minimum absolute atomic E-state index is 0.0989. The Hall–Kier alpha value is -3.15. The van der Waals surface area contributed by atoms with E-state index in [0.717, 1.165) is 0 Å². The number of phenolic OH excluding ortho intramolecular Hbond substituents is 1. The number of hydrogen-bond donors (Lipinski definition) is 1. The van der Waals surface area contributed by atoms with Gasteiger partial charge in [-0.1, -0.05) is 0 Å². The highest BCUT2D eigenvalue weighted by Gasteiger charge is 2.13. The number of benzene rings is 2. The third-order valence-electron chi connectivity index (χ3n) is 3.63. The average molecular weight is 344 g/mol. The molecule has 0 fully saturated rings. The molecular formula is C19H20O6. The number of carbonyl (C=O) groups is 1. The van der Waals surface area contributed by atoms with E-state index in [2.05, 4.69) is 0 Å². The third-order valence-corrected chi connectivity index (χ3v) is 3.63. The fourth-order valence-corrected chi connectivity index (χ4v) is 2.31. The monoisotopic (exact) mass is 344 g/mol. The highest BCUT2D eigenvalue weighted by atomic mass is 16.5. The maximum atomic E-state index is 12.4. The number of methoxy groups -OCH3 is 4. The molecule has 132 valence electrons. The molecule has 0 saturated heterocycles. The van der Waals surface area contributed by atoms with E-state index in [0.29, 0.717) is 28.4 Å². The number of hydrogen-bond acceptors (Lipinski definition) is 6. The van der Waals surface area contributed by atoms with Gasteiger partial charge in [0.05, 0.1) is 28.4 Å². The van der Waals surface area contributed by atoms with E-state index in [-0.39, 0.29) is 17.3 Å². The molecule has 0 aliphatic rings. The van der Waals surface area contributed by atoms with Crippen LogP contribution in [0.2, 0.25) is 0 Å². The fourth-order valence-electron chi connectivity index (χ4n) is 2.31. The molecule has 6 heteroatoms. The van der Waals surface area contributed by atoms with Gasteiger partial charge in [-0.05, 0) is 42.5 Å². The standard InChI is InChI=1S/C19H20O6/c1-22-15-9-7-13(11-17(15)24-3)14(20)8-5-12-6-10-16(23-2)19(25-4)18(12)21/h5-11,21H,1-4H3/b8-5+. The van der Waals surface area contributed by atoms with E-state index >= 15 is 0 Å². The molecule has 2 aromatic rings. The van der Waals surface area contributed by atoms with Crippen LogP contribution in [0.25, 0.3) is 6.08 Å². The zero-order chi connectivity index (χ0) is 18.4. The number of phenols is 1. The summed E-state index contributed by atoms with van der Waals surface area (Å²) in [6, 6.07) is 8.18. The summed E-state index contributed by atoms with van der Waals surface area (Å²) in [5.41, 5.74) is 0.875. The van der Waals surface area contributed by atoms with Gasteiger partial charge in [0.2, 0.25) is 5.75 Å². The first-order chi connectivity index (χ1) is 12.0. The first-order valence-electron chi connectivity index (χ1n) is 7.44. The van der Waals surface area contributed by atoms with Crippen LogP contribution < -0.4 is 18.9 Å². The van der Waals surface area contributed by atoms with E-state index in [1.165, 1.54) is 40.6 Å². The normalized spacial score (nSPS) is 10.6. The Bertz CT molecular complexity index is 795. The number of ether oxygens (including phenoxy) is 4. The predicted molar refractivity (Wildman–Crippen MR) is 94.1 cm³/mol. The highest BCUT2D eigenvalue weighted by molar-refractivity contribution is 6.07. The van der Waals surface area contributed by atoms with Crippen molar-refractivity contribution in [3.8, 4) is 28.7 Å². The van der Waals surface area contributed by atoms with Gasteiger partial charge in [0.25, 0.3) is 0 Å². The first kappa shape index (κ1) is 18.2. The van der Waals surface area contributed by atoms with E-state index in [1.54, 1.807) is 30.3 Å². The van der Waals surface area contributed by atoms with Crippen LogP contribution in [0.3, 0.4) is 0 Å². The Kier molecular flexibility index (Phi) is 5.89. The molecule has 0 heterocycles. The molecule has 0 unspecified atom stereocenters. The minimum atomic E-state index is -0.241. The third kappa shape index (κ3) is 3.85. The van der Waals surface area contributed by atoms with Crippen LogP contribution >= 0.6 is 0 Å². The predicted octanol–water partition coefficient (Wildman–Crippen LogP) is 3.32. The first-order valence-corrected chi connectivity index (χ1v) is 7.44. The zero-order valence-electron chi connectivity index (χ0n) is 14.5. The number of rotatable bonds is 7. The number of carbonyl (C=O) groups excluding carboxylic acids is 1. The maximum absolute atomic E-state index is 12.4. The van der Waals surface area contributed by atoms with Gasteiger partial charge < -0.3 is 24.1 Å². The van der Waals surface area contributed by atoms with Crippen LogP contribution in [-0.2, 0) is 0 Å². The molecule has 0 aliphatic heterocycles. The lowest BCUT2D eigenvalue weighted by Gasteiger charge is -2.11. The van der Waals surface area contributed by atoms with E-state index in [1.807, 2.05) is 0 Å². The minimum Gasteiger partial charge on any atom is -0.504 e. The summed E-state index contributed by atoms with van der Waals surface area (Å²) in [7, 11) is 5.94. The Morgan fingerprint density at radius 3 is 2.12 bits per heavy atom. The van der Waals surface area contributed by atoms with Crippen molar-refractivity contribution in [2.24, 2.45) is 0 Å². The molecule has 2 rings (SSSR count). The van der Waals surface area contributed by atoms with E-state index in [9.17, 15) is 9.90 Å². The van der Waals surface area contributed by atoms with Crippen molar-refractivity contribution in [2.45, 2.75) is 0 Å². The molecule has 2 aromatic carbocycles. The van der Waals surface area contributed by atoms with Gasteiger partial charge in [0, 0.05) is 11.1 Å². The fraction of sp³-hybridized carbons (Fsp3) is 0.211. The molecule has 0 aliphatic carbocycles. The largest absolute Gasteiger partial charge is 0.504 e. The molecular weight excluding hydrogens is 324 g/mol. The van der Waals surface area contributed by atoms with E-state index in [4.69, 9.17) is 18.9 Å². The van der Waals surface area contributed by atoms with Crippen molar-refractivity contribution < 1.29 is 28.8 Å². The summed E-state index contributed by atoms with van der Waals surface area (Å²) >= 11 is 0. The molecule has 0 radical (unpaired) electrons. The number of allylic oxidation sites excluding steroid dienone is 1. The van der Waals surface area contributed by atoms with Crippen molar-refractivity contribution in [1.29, 1.82) is 0 Å². The highest BCUT2D eigenvalue weighted by Crippen LogP contribution is 2.39. The van der Waals surface area contributed by atoms with Crippen molar-refractivity contribution >= 4 is 11.9 Å². The van der Waals surface area contributed by atoms with Crippen LogP contribution in [0.4, 0.5) is 0 Å². The molecule has 0 atom stereocenters. The lowest BCUT2D eigenvalue weighted by atomic mass is 10.1. The zero-order valence-corrected chi connectivity index (χ0v) is 14.5. The van der Waals surface area contributed by atoms with Crippen LogP contribution in [0.5, 0.6) is 28.7 Å². The van der Waals surface area contributed by atoms with Gasteiger partial charge in [-0.3, -0.25) is 4.79 Å². The van der Waals surface area contributed by atoms with Gasteiger partial charge in [-0.15, -0.1) is 0 Å². The second-order valence-corrected chi connectivity index (χ2v) is 5.01. The molecule has 0 spiro atoms. The molecule has 0 bridgehead atoms. The van der Waals surface area contributed by atoms with Crippen LogP contribution in [0, 0.1) is 0 Å². The van der Waals surface area contributed by atoms with Crippen molar-refractivity contribution in [1.82, 2.24) is 0 Å². The molecule has 0 saturated carbocycles. The summed E-state index contributed by atoms with van der Waals surface area (Å²) < 4.78 is 20.6. The molecule has 0 aromatic heterocycles. The van der Waals surface area contributed by atoms with Crippen LogP contribution in [-0.4, -0.2) is 39.3 Å². The van der Waals surface area contributed by atoms with Gasteiger partial charge in [0.15, 0.2) is 28.8 Å². The van der Waals surface area contributed by atoms with Gasteiger partial charge in [0.1, 0.15) is 0 Å². The topological polar surface area (TPSA) is 74.2 Å².